The highest BCUT2D eigenvalue weighted by molar-refractivity contribution is 5.79. The Bertz CT molecular complexity index is 259. The van der Waals surface area contributed by atoms with Gasteiger partial charge in [-0.3, -0.25) is 4.79 Å². The standard InChI is InChI=1S/C10H16FNO2/c1-14-8(13)9-4-2-3-5-10(9,11)7-12-6-9/h12H,2-7H2,1H3/t9-,10-/m0/s1. The van der Waals surface area contributed by atoms with Crippen molar-refractivity contribution in [1.82, 2.24) is 5.32 Å². The van der Waals surface area contributed by atoms with Crippen molar-refractivity contribution < 1.29 is 13.9 Å². The fourth-order valence-electron chi connectivity index (χ4n) is 2.83. The minimum absolute atomic E-state index is 0.294. The van der Waals surface area contributed by atoms with Gasteiger partial charge < -0.3 is 10.1 Å². The molecule has 0 unspecified atom stereocenters. The third-order valence-electron chi connectivity index (χ3n) is 3.69. The van der Waals surface area contributed by atoms with Gasteiger partial charge in [-0.05, 0) is 12.8 Å². The van der Waals surface area contributed by atoms with E-state index in [4.69, 9.17) is 4.74 Å². The van der Waals surface area contributed by atoms with Crippen LogP contribution in [0.2, 0.25) is 0 Å². The number of esters is 1. The first-order valence-corrected chi connectivity index (χ1v) is 5.13. The highest BCUT2D eigenvalue weighted by atomic mass is 19.1. The number of rotatable bonds is 1. The van der Waals surface area contributed by atoms with Crippen molar-refractivity contribution in [2.45, 2.75) is 31.4 Å². The Morgan fingerprint density at radius 3 is 2.79 bits per heavy atom. The van der Waals surface area contributed by atoms with Crippen molar-refractivity contribution in [3.63, 3.8) is 0 Å². The maximum absolute atomic E-state index is 14.5. The molecule has 1 saturated carbocycles. The van der Waals surface area contributed by atoms with E-state index in [0.717, 1.165) is 12.8 Å². The zero-order valence-electron chi connectivity index (χ0n) is 8.44. The van der Waals surface area contributed by atoms with Crippen molar-refractivity contribution in [1.29, 1.82) is 0 Å². The Morgan fingerprint density at radius 2 is 2.07 bits per heavy atom. The fourth-order valence-corrected chi connectivity index (χ4v) is 2.83. The molecule has 80 valence electrons. The largest absolute Gasteiger partial charge is 0.468 e. The summed E-state index contributed by atoms with van der Waals surface area (Å²) in [5.41, 5.74) is -2.28. The lowest BCUT2D eigenvalue weighted by Crippen LogP contribution is -2.52. The molecule has 0 amide bonds. The summed E-state index contributed by atoms with van der Waals surface area (Å²) in [5.74, 6) is -0.385. The fraction of sp³-hybridized carbons (Fsp3) is 0.900. The lowest BCUT2D eigenvalue weighted by Gasteiger charge is -2.40. The molecule has 0 bridgehead atoms. The van der Waals surface area contributed by atoms with E-state index < -0.39 is 11.1 Å². The molecule has 2 fully saturated rings. The number of hydrogen-bond acceptors (Lipinski definition) is 3. The van der Waals surface area contributed by atoms with Gasteiger partial charge in [-0.15, -0.1) is 0 Å². The number of nitrogens with one attached hydrogen (secondary N) is 1. The minimum atomic E-state index is -1.38. The second-order valence-electron chi connectivity index (χ2n) is 4.35. The first kappa shape index (κ1) is 9.90. The average Bonchev–Trinajstić information content (AvgIpc) is 2.55. The van der Waals surface area contributed by atoms with Gasteiger partial charge in [-0.1, -0.05) is 12.8 Å². The van der Waals surface area contributed by atoms with Crippen LogP contribution in [-0.2, 0) is 9.53 Å². The van der Waals surface area contributed by atoms with Crippen LogP contribution < -0.4 is 5.32 Å². The molecular formula is C10H16FNO2. The number of methoxy groups -OCH3 is 1. The van der Waals surface area contributed by atoms with E-state index in [1.165, 1.54) is 7.11 Å². The minimum Gasteiger partial charge on any atom is -0.468 e. The number of carbonyl (C=O) groups is 1. The Kier molecular flexibility index (Phi) is 2.26. The zero-order valence-corrected chi connectivity index (χ0v) is 8.44. The van der Waals surface area contributed by atoms with Gasteiger partial charge >= 0.3 is 5.97 Å². The van der Waals surface area contributed by atoms with E-state index in [0.29, 0.717) is 25.9 Å². The van der Waals surface area contributed by atoms with E-state index in [1.54, 1.807) is 0 Å². The van der Waals surface area contributed by atoms with Crippen LogP contribution in [0.25, 0.3) is 0 Å². The topological polar surface area (TPSA) is 38.3 Å². The lowest BCUT2D eigenvalue weighted by atomic mass is 9.66. The number of carbonyl (C=O) groups excluding carboxylic acids is 1. The summed E-state index contributed by atoms with van der Waals surface area (Å²) < 4.78 is 19.2. The summed E-state index contributed by atoms with van der Waals surface area (Å²) in [4.78, 5) is 11.7. The van der Waals surface area contributed by atoms with E-state index in [1.807, 2.05) is 0 Å². The van der Waals surface area contributed by atoms with Gasteiger partial charge in [0, 0.05) is 13.1 Å². The molecule has 3 nitrogen and oxygen atoms in total. The summed E-state index contributed by atoms with van der Waals surface area (Å²) in [5, 5.41) is 2.98. The molecule has 2 atom stereocenters. The molecular weight excluding hydrogens is 185 g/mol. The molecule has 2 aliphatic rings. The highest BCUT2D eigenvalue weighted by Crippen LogP contribution is 2.50. The van der Waals surface area contributed by atoms with Gasteiger partial charge in [0.05, 0.1) is 7.11 Å². The maximum Gasteiger partial charge on any atom is 0.316 e. The number of hydrogen-bond donors (Lipinski definition) is 1. The van der Waals surface area contributed by atoms with E-state index in [9.17, 15) is 9.18 Å². The molecule has 0 radical (unpaired) electrons. The van der Waals surface area contributed by atoms with Gasteiger partial charge in [0.1, 0.15) is 11.1 Å². The zero-order chi connectivity index (χ0) is 10.2. The van der Waals surface area contributed by atoms with Crippen molar-refractivity contribution >= 4 is 5.97 Å². The number of fused-ring (bicyclic) bond motifs is 1. The van der Waals surface area contributed by atoms with Crippen LogP contribution in [0.15, 0.2) is 0 Å². The van der Waals surface area contributed by atoms with E-state index in [2.05, 4.69) is 5.32 Å². The summed E-state index contributed by atoms with van der Waals surface area (Å²) in [7, 11) is 1.34. The monoisotopic (exact) mass is 201 g/mol. The first-order valence-electron chi connectivity index (χ1n) is 5.13. The van der Waals surface area contributed by atoms with E-state index in [-0.39, 0.29) is 5.97 Å². The lowest BCUT2D eigenvalue weighted by molar-refractivity contribution is -0.163. The molecule has 1 aliphatic heterocycles. The number of ether oxygens (including phenoxy) is 1. The van der Waals surface area contributed by atoms with Gasteiger partial charge in [0.2, 0.25) is 0 Å². The van der Waals surface area contributed by atoms with Crippen LogP contribution in [-0.4, -0.2) is 31.8 Å². The quantitative estimate of drug-likeness (QED) is 0.644. The van der Waals surface area contributed by atoms with Crippen LogP contribution in [0.4, 0.5) is 4.39 Å². The smallest absolute Gasteiger partial charge is 0.316 e. The first-order chi connectivity index (χ1) is 6.65. The van der Waals surface area contributed by atoms with Crippen LogP contribution in [0.5, 0.6) is 0 Å². The molecule has 14 heavy (non-hydrogen) atoms. The molecule has 2 rings (SSSR count). The third-order valence-corrected chi connectivity index (χ3v) is 3.69. The van der Waals surface area contributed by atoms with E-state index >= 15 is 0 Å². The Morgan fingerprint density at radius 1 is 1.36 bits per heavy atom. The molecule has 1 aliphatic carbocycles. The predicted molar refractivity (Wildman–Crippen MR) is 49.6 cm³/mol. The SMILES string of the molecule is COC(=O)[C@@]12CCCC[C@]1(F)CNC2. The van der Waals surface area contributed by atoms with Crippen molar-refractivity contribution in [3.05, 3.63) is 0 Å². The Labute approximate surface area is 83.0 Å². The summed E-state index contributed by atoms with van der Waals surface area (Å²) in [6, 6.07) is 0. The van der Waals surface area contributed by atoms with Crippen LogP contribution in [0.3, 0.4) is 0 Å². The molecule has 1 saturated heterocycles. The Balaban J connectivity index is 2.32. The molecule has 0 spiro atoms. The normalized spacial score (nSPS) is 41.9. The Hall–Kier alpha value is -0.640. The summed E-state index contributed by atoms with van der Waals surface area (Å²) in [6.07, 6.45) is 2.89. The molecule has 0 aromatic carbocycles. The average molecular weight is 201 g/mol. The second kappa shape index (κ2) is 3.19. The molecule has 1 heterocycles. The van der Waals surface area contributed by atoms with Crippen molar-refractivity contribution in [2.75, 3.05) is 20.2 Å². The third kappa shape index (κ3) is 1.10. The molecule has 0 aromatic rings. The van der Waals surface area contributed by atoms with Crippen molar-refractivity contribution in [3.8, 4) is 0 Å². The molecule has 1 N–H and O–H groups in total. The molecule has 0 aromatic heterocycles. The second-order valence-corrected chi connectivity index (χ2v) is 4.35. The molecule has 4 heteroatoms. The summed E-state index contributed by atoms with van der Waals surface area (Å²) >= 11 is 0. The summed E-state index contributed by atoms with van der Waals surface area (Å²) in [6.45, 7) is 0.721. The van der Waals surface area contributed by atoms with Crippen LogP contribution in [0.1, 0.15) is 25.7 Å². The number of halogens is 1. The predicted octanol–water partition coefficient (Wildman–Crippen LogP) is 1.03. The van der Waals surface area contributed by atoms with Crippen molar-refractivity contribution in [2.24, 2.45) is 5.41 Å². The number of alkyl halides is 1. The highest BCUT2D eigenvalue weighted by Gasteiger charge is 2.62. The van der Waals surface area contributed by atoms with Crippen LogP contribution >= 0.6 is 0 Å². The van der Waals surface area contributed by atoms with Gasteiger partial charge in [0.15, 0.2) is 0 Å². The van der Waals surface area contributed by atoms with Gasteiger partial charge in [-0.25, -0.2) is 4.39 Å². The van der Waals surface area contributed by atoms with Gasteiger partial charge in [-0.2, -0.15) is 0 Å². The van der Waals surface area contributed by atoms with Gasteiger partial charge in [0.25, 0.3) is 0 Å². The van der Waals surface area contributed by atoms with Crippen LogP contribution in [0, 0.1) is 5.41 Å². The maximum atomic E-state index is 14.5.